The number of piperidine rings is 1. The lowest BCUT2D eigenvalue weighted by atomic mass is 9.77. The van der Waals surface area contributed by atoms with E-state index in [1.54, 1.807) is 10.9 Å². The smallest absolute Gasteiger partial charge is 0.230 e. The van der Waals surface area contributed by atoms with Crippen molar-refractivity contribution < 1.29 is 9.59 Å². The van der Waals surface area contributed by atoms with E-state index in [1.165, 1.54) is 19.3 Å². The van der Waals surface area contributed by atoms with Crippen LogP contribution in [0.4, 0.5) is 0 Å². The summed E-state index contributed by atoms with van der Waals surface area (Å²) < 4.78 is 1.79. The Kier molecular flexibility index (Phi) is 5.00. The highest BCUT2D eigenvalue weighted by molar-refractivity contribution is 5.86. The van der Waals surface area contributed by atoms with Gasteiger partial charge in [0.2, 0.25) is 11.8 Å². The van der Waals surface area contributed by atoms with Gasteiger partial charge in [0.1, 0.15) is 0 Å². The van der Waals surface area contributed by atoms with Crippen molar-refractivity contribution in [2.45, 2.75) is 70.4 Å². The van der Waals surface area contributed by atoms with Crippen molar-refractivity contribution in [2.75, 3.05) is 19.6 Å². The van der Waals surface area contributed by atoms with Crippen LogP contribution < -0.4 is 0 Å². The standard InChI is InChI=1S/C20H30N4O2/c25-18(8-14-23-12-5-11-21-23)22-15-10-20(16-22)9-4-13-24(19(20)26)17-6-2-1-3-7-17/h5,11-12,17H,1-4,6-10,13-16H2/t20-/m1/s1. The fraction of sp³-hybridized carbons (Fsp3) is 0.750. The molecule has 6 nitrogen and oxygen atoms in total. The molecular weight excluding hydrogens is 328 g/mol. The van der Waals surface area contributed by atoms with E-state index < -0.39 is 0 Å². The Labute approximate surface area is 155 Å². The summed E-state index contributed by atoms with van der Waals surface area (Å²) in [6, 6.07) is 2.31. The van der Waals surface area contributed by atoms with Gasteiger partial charge >= 0.3 is 0 Å². The third-order valence-electron chi connectivity index (χ3n) is 6.60. The van der Waals surface area contributed by atoms with Gasteiger partial charge in [-0.15, -0.1) is 0 Å². The van der Waals surface area contributed by atoms with Gasteiger partial charge in [0, 0.05) is 51.0 Å². The fourth-order valence-corrected chi connectivity index (χ4v) is 5.11. The second-order valence-corrected chi connectivity index (χ2v) is 8.26. The van der Waals surface area contributed by atoms with Crippen LogP contribution in [0.3, 0.4) is 0 Å². The Hall–Kier alpha value is -1.85. The van der Waals surface area contributed by atoms with Crippen LogP contribution in [0.25, 0.3) is 0 Å². The molecule has 0 N–H and O–H groups in total. The largest absolute Gasteiger partial charge is 0.342 e. The summed E-state index contributed by atoms with van der Waals surface area (Å²) in [5, 5.41) is 4.16. The molecule has 1 spiro atoms. The van der Waals surface area contributed by atoms with E-state index in [2.05, 4.69) is 10.00 Å². The average Bonchev–Trinajstić information content (AvgIpc) is 3.34. The molecule has 4 rings (SSSR count). The molecule has 6 heteroatoms. The maximum absolute atomic E-state index is 13.3. The van der Waals surface area contributed by atoms with Crippen LogP contribution in [0, 0.1) is 5.41 Å². The number of aryl methyl sites for hydroxylation is 1. The molecule has 1 aromatic heterocycles. The van der Waals surface area contributed by atoms with Crippen molar-refractivity contribution in [3.05, 3.63) is 18.5 Å². The van der Waals surface area contributed by atoms with Crippen molar-refractivity contribution in [3.8, 4) is 0 Å². The van der Waals surface area contributed by atoms with Gasteiger partial charge in [0.05, 0.1) is 5.41 Å². The molecule has 3 aliphatic rings. The Morgan fingerprint density at radius 1 is 1.15 bits per heavy atom. The van der Waals surface area contributed by atoms with Crippen molar-refractivity contribution in [1.82, 2.24) is 19.6 Å². The second kappa shape index (κ2) is 7.41. The zero-order valence-electron chi connectivity index (χ0n) is 15.6. The number of aromatic nitrogens is 2. The second-order valence-electron chi connectivity index (χ2n) is 8.26. The monoisotopic (exact) mass is 358 g/mol. The van der Waals surface area contributed by atoms with Gasteiger partial charge in [-0.1, -0.05) is 19.3 Å². The molecule has 1 aliphatic carbocycles. The Morgan fingerprint density at radius 2 is 2.00 bits per heavy atom. The van der Waals surface area contributed by atoms with Crippen molar-refractivity contribution in [2.24, 2.45) is 5.41 Å². The molecule has 3 fully saturated rings. The Morgan fingerprint density at radius 3 is 2.77 bits per heavy atom. The molecule has 0 aromatic carbocycles. The number of amides is 2. The van der Waals surface area contributed by atoms with E-state index in [0.717, 1.165) is 45.2 Å². The third-order valence-corrected chi connectivity index (χ3v) is 6.60. The van der Waals surface area contributed by atoms with E-state index in [0.29, 0.717) is 31.5 Å². The van der Waals surface area contributed by atoms with Crippen LogP contribution in [0.2, 0.25) is 0 Å². The first kappa shape index (κ1) is 17.6. The molecule has 2 aliphatic heterocycles. The summed E-state index contributed by atoms with van der Waals surface area (Å²) in [7, 11) is 0. The molecule has 0 bridgehead atoms. The normalized spacial score (nSPS) is 27.5. The van der Waals surface area contributed by atoms with E-state index in [-0.39, 0.29) is 11.3 Å². The molecule has 3 heterocycles. The van der Waals surface area contributed by atoms with Gasteiger partial charge in [-0.25, -0.2) is 0 Å². The minimum Gasteiger partial charge on any atom is -0.342 e. The van der Waals surface area contributed by atoms with Gasteiger partial charge in [-0.2, -0.15) is 5.10 Å². The topological polar surface area (TPSA) is 58.4 Å². The van der Waals surface area contributed by atoms with Gasteiger partial charge in [0.15, 0.2) is 0 Å². The Bertz CT molecular complexity index is 638. The first-order chi connectivity index (χ1) is 12.7. The Balaban J connectivity index is 1.37. The van der Waals surface area contributed by atoms with Crippen molar-refractivity contribution in [1.29, 1.82) is 0 Å². The summed E-state index contributed by atoms with van der Waals surface area (Å²) in [6.07, 6.45) is 13.1. The number of nitrogens with zero attached hydrogens (tertiary/aromatic N) is 4. The fourth-order valence-electron chi connectivity index (χ4n) is 5.11. The lowest BCUT2D eigenvalue weighted by molar-refractivity contribution is -0.149. The predicted octanol–water partition coefficient (Wildman–Crippen LogP) is 2.45. The van der Waals surface area contributed by atoms with E-state index >= 15 is 0 Å². The summed E-state index contributed by atoms with van der Waals surface area (Å²) in [6.45, 7) is 2.87. The summed E-state index contributed by atoms with van der Waals surface area (Å²) in [4.78, 5) is 30.1. The number of likely N-dealkylation sites (tertiary alicyclic amines) is 2. The van der Waals surface area contributed by atoms with Crippen LogP contribution in [0.1, 0.15) is 57.8 Å². The van der Waals surface area contributed by atoms with Crippen molar-refractivity contribution in [3.63, 3.8) is 0 Å². The quantitative estimate of drug-likeness (QED) is 0.831. The summed E-state index contributed by atoms with van der Waals surface area (Å²) >= 11 is 0. The van der Waals surface area contributed by atoms with Crippen LogP contribution in [-0.2, 0) is 16.1 Å². The van der Waals surface area contributed by atoms with Crippen LogP contribution >= 0.6 is 0 Å². The lowest BCUT2D eigenvalue weighted by Crippen LogP contribution is -2.54. The highest BCUT2D eigenvalue weighted by atomic mass is 16.2. The number of carbonyl (C=O) groups excluding carboxylic acids is 2. The van der Waals surface area contributed by atoms with E-state index in [1.807, 2.05) is 17.2 Å². The maximum Gasteiger partial charge on any atom is 0.230 e. The minimum absolute atomic E-state index is 0.153. The molecule has 2 saturated heterocycles. The van der Waals surface area contributed by atoms with Crippen molar-refractivity contribution >= 4 is 11.8 Å². The van der Waals surface area contributed by atoms with Gasteiger partial charge < -0.3 is 9.80 Å². The van der Waals surface area contributed by atoms with Crippen LogP contribution in [-0.4, -0.2) is 57.1 Å². The maximum atomic E-state index is 13.3. The van der Waals surface area contributed by atoms with Gasteiger partial charge in [0.25, 0.3) is 0 Å². The lowest BCUT2D eigenvalue weighted by Gasteiger charge is -2.44. The average molecular weight is 358 g/mol. The van der Waals surface area contributed by atoms with Gasteiger partial charge in [-0.3, -0.25) is 14.3 Å². The molecule has 2 amide bonds. The van der Waals surface area contributed by atoms with Crippen LogP contribution in [0.15, 0.2) is 18.5 Å². The third kappa shape index (κ3) is 3.38. The molecule has 1 atom stereocenters. The number of hydrogen-bond donors (Lipinski definition) is 0. The summed E-state index contributed by atoms with van der Waals surface area (Å²) in [5.41, 5.74) is -0.308. The number of carbonyl (C=O) groups is 2. The molecule has 0 radical (unpaired) electrons. The predicted molar refractivity (Wildman–Crippen MR) is 98.3 cm³/mol. The minimum atomic E-state index is -0.308. The first-order valence-electron chi connectivity index (χ1n) is 10.2. The molecule has 0 unspecified atom stereocenters. The van der Waals surface area contributed by atoms with E-state index in [9.17, 15) is 9.59 Å². The molecular formula is C20H30N4O2. The van der Waals surface area contributed by atoms with Gasteiger partial charge in [-0.05, 0) is 38.2 Å². The molecule has 1 saturated carbocycles. The first-order valence-corrected chi connectivity index (χ1v) is 10.2. The highest BCUT2D eigenvalue weighted by Gasteiger charge is 2.50. The zero-order valence-corrected chi connectivity index (χ0v) is 15.6. The molecule has 1 aromatic rings. The van der Waals surface area contributed by atoms with Crippen LogP contribution in [0.5, 0.6) is 0 Å². The SMILES string of the molecule is O=C(CCn1cccn1)N1CC[C@]2(CCCN(C3CCCCC3)C2=O)C1. The number of rotatable bonds is 4. The highest BCUT2D eigenvalue weighted by Crippen LogP contribution is 2.42. The summed E-state index contributed by atoms with van der Waals surface area (Å²) in [5.74, 6) is 0.484. The number of hydrogen-bond acceptors (Lipinski definition) is 3. The molecule has 26 heavy (non-hydrogen) atoms. The van der Waals surface area contributed by atoms with E-state index in [4.69, 9.17) is 0 Å². The molecule has 142 valence electrons. The zero-order chi connectivity index (χ0) is 18.0.